The van der Waals surface area contributed by atoms with E-state index in [1.54, 1.807) is 13.2 Å². The summed E-state index contributed by atoms with van der Waals surface area (Å²) in [5.41, 5.74) is 0. The third-order valence-corrected chi connectivity index (χ3v) is 6.93. The molecular weight excluding hydrogens is 408 g/mol. The van der Waals surface area contributed by atoms with E-state index in [9.17, 15) is 8.42 Å². The van der Waals surface area contributed by atoms with E-state index < -0.39 is 10.0 Å². The molecule has 18 heavy (non-hydrogen) atoms. The summed E-state index contributed by atoms with van der Waals surface area (Å²) in [5.74, 6) is 0. The lowest BCUT2D eigenvalue weighted by Crippen LogP contribution is -2.43. The van der Waals surface area contributed by atoms with Gasteiger partial charge >= 0.3 is 0 Å². The molecule has 2 heterocycles. The number of nitrogens with one attached hydrogen (secondary N) is 2. The zero-order valence-electron chi connectivity index (χ0n) is 9.44. The average molecular weight is 420 g/mol. The molecule has 2 atom stereocenters. The van der Waals surface area contributed by atoms with E-state index in [1.807, 2.05) is 0 Å². The molecule has 2 N–H and O–H groups in total. The molecular formula is C9H12Br2N2O3S2. The van der Waals surface area contributed by atoms with Crippen LogP contribution in [0, 0.1) is 0 Å². The van der Waals surface area contributed by atoms with Crippen molar-refractivity contribution in [2.75, 3.05) is 20.2 Å². The van der Waals surface area contributed by atoms with Gasteiger partial charge in [0.15, 0.2) is 0 Å². The molecule has 0 saturated carbocycles. The Hall–Kier alpha value is 0.490. The second-order valence-electron chi connectivity index (χ2n) is 3.85. The van der Waals surface area contributed by atoms with Gasteiger partial charge in [-0.25, -0.2) is 13.1 Å². The summed E-state index contributed by atoms with van der Waals surface area (Å²) in [7, 11) is -1.95. The summed E-state index contributed by atoms with van der Waals surface area (Å²) in [4.78, 5) is 0.251. The third-order valence-electron chi connectivity index (χ3n) is 2.68. The zero-order valence-corrected chi connectivity index (χ0v) is 14.2. The van der Waals surface area contributed by atoms with Gasteiger partial charge in [-0.1, -0.05) is 0 Å². The minimum absolute atomic E-state index is 0.138. The molecule has 1 saturated heterocycles. The number of sulfonamides is 1. The van der Waals surface area contributed by atoms with Crippen LogP contribution in [0.3, 0.4) is 0 Å². The van der Waals surface area contributed by atoms with Crippen molar-refractivity contribution in [3.05, 3.63) is 13.6 Å². The van der Waals surface area contributed by atoms with Crippen molar-refractivity contribution in [1.82, 2.24) is 10.0 Å². The summed E-state index contributed by atoms with van der Waals surface area (Å²) < 4.78 is 33.7. The molecule has 0 spiro atoms. The zero-order chi connectivity index (χ0) is 13.3. The molecule has 0 aromatic carbocycles. The Morgan fingerprint density at radius 2 is 2.22 bits per heavy atom. The van der Waals surface area contributed by atoms with Gasteiger partial charge in [-0.2, -0.15) is 0 Å². The van der Waals surface area contributed by atoms with Crippen molar-refractivity contribution in [3.8, 4) is 0 Å². The van der Waals surface area contributed by atoms with Crippen LogP contribution in [0.2, 0.25) is 0 Å². The number of ether oxygens (including phenoxy) is 1. The number of hydrogen-bond acceptors (Lipinski definition) is 5. The minimum atomic E-state index is -3.53. The van der Waals surface area contributed by atoms with E-state index in [2.05, 4.69) is 41.9 Å². The van der Waals surface area contributed by atoms with Crippen LogP contribution in [0.1, 0.15) is 0 Å². The molecule has 0 aliphatic carbocycles. The lowest BCUT2D eigenvalue weighted by atomic mass is 10.2. The number of thiophene rings is 1. The largest absolute Gasteiger partial charge is 0.378 e. The van der Waals surface area contributed by atoms with E-state index in [4.69, 9.17) is 4.74 Å². The fourth-order valence-electron chi connectivity index (χ4n) is 1.79. The van der Waals surface area contributed by atoms with Crippen molar-refractivity contribution in [3.63, 3.8) is 0 Å². The molecule has 0 radical (unpaired) electrons. The molecule has 1 aromatic heterocycles. The maximum Gasteiger partial charge on any atom is 0.242 e. The van der Waals surface area contributed by atoms with Crippen LogP contribution in [0.25, 0.3) is 0 Å². The Bertz CT molecular complexity index is 532. The summed E-state index contributed by atoms with van der Waals surface area (Å²) in [6.07, 6.45) is -0.138. The molecule has 0 bridgehead atoms. The van der Waals surface area contributed by atoms with Gasteiger partial charge in [0.25, 0.3) is 0 Å². The number of halogens is 2. The molecule has 2 rings (SSSR count). The molecule has 1 aromatic rings. The SMILES string of the molecule is CO[C@@H]1CNCC1NS(=O)(=O)c1cc(Br)sc1Br. The predicted molar refractivity (Wildman–Crippen MR) is 77.5 cm³/mol. The highest BCUT2D eigenvalue weighted by atomic mass is 79.9. The highest BCUT2D eigenvalue weighted by molar-refractivity contribution is 9.12. The Labute approximate surface area is 127 Å². The molecule has 9 heteroatoms. The van der Waals surface area contributed by atoms with E-state index in [-0.39, 0.29) is 17.0 Å². The van der Waals surface area contributed by atoms with Gasteiger partial charge in [-0.3, -0.25) is 0 Å². The second kappa shape index (κ2) is 5.86. The molecule has 1 aliphatic rings. The summed E-state index contributed by atoms with van der Waals surface area (Å²) in [6.45, 7) is 1.22. The predicted octanol–water partition coefficient (Wildman–Crippen LogP) is 1.54. The first-order chi connectivity index (χ1) is 8.44. The smallest absolute Gasteiger partial charge is 0.242 e. The van der Waals surface area contributed by atoms with Crippen LogP contribution in [0.5, 0.6) is 0 Å². The molecule has 1 aliphatic heterocycles. The van der Waals surface area contributed by atoms with Crippen LogP contribution in [-0.2, 0) is 14.8 Å². The van der Waals surface area contributed by atoms with Gasteiger partial charge in [0.1, 0.15) is 4.90 Å². The topological polar surface area (TPSA) is 67.4 Å². The first-order valence-electron chi connectivity index (χ1n) is 5.14. The van der Waals surface area contributed by atoms with Crippen molar-refractivity contribution in [2.45, 2.75) is 17.0 Å². The van der Waals surface area contributed by atoms with E-state index in [0.717, 1.165) is 3.79 Å². The number of hydrogen-bond donors (Lipinski definition) is 2. The quantitative estimate of drug-likeness (QED) is 0.776. The third kappa shape index (κ3) is 3.14. The Balaban J connectivity index is 2.19. The summed E-state index contributed by atoms with van der Waals surface area (Å²) >= 11 is 7.86. The maximum absolute atomic E-state index is 12.2. The van der Waals surface area contributed by atoms with Crippen molar-refractivity contribution in [2.24, 2.45) is 0 Å². The van der Waals surface area contributed by atoms with Crippen LogP contribution < -0.4 is 10.0 Å². The standard InChI is InChI=1S/C9H12Br2N2O3S2/c1-16-6-4-12-3-5(6)13-18(14,15)7-2-8(10)17-9(7)11/h2,5-6,12-13H,3-4H2,1H3/t5?,6-/m1/s1. The fraction of sp³-hybridized carbons (Fsp3) is 0.556. The van der Waals surface area contributed by atoms with Crippen molar-refractivity contribution >= 4 is 53.2 Å². The Morgan fingerprint density at radius 1 is 1.50 bits per heavy atom. The molecule has 1 fully saturated rings. The van der Waals surface area contributed by atoms with Crippen LogP contribution >= 0.6 is 43.2 Å². The molecule has 102 valence electrons. The fourth-order valence-corrected chi connectivity index (χ4v) is 6.87. The summed E-state index contributed by atoms with van der Waals surface area (Å²) in [6, 6.07) is 1.34. The van der Waals surface area contributed by atoms with Gasteiger partial charge < -0.3 is 10.1 Å². The van der Waals surface area contributed by atoms with E-state index in [1.165, 1.54) is 11.3 Å². The average Bonchev–Trinajstić information content (AvgIpc) is 2.84. The van der Waals surface area contributed by atoms with Gasteiger partial charge in [-0.05, 0) is 37.9 Å². The second-order valence-corrected chi connectivity index (χ2v) is 9.28. The molecule has 5 nitrogen and oxygen atoms in total. The number of methoxy groups -OCH3 is 1. The monoisotopic (exact) mass is 418 g/mol. The highest BCUT2D eigenvalue weighted by Crippen LogP contribution is 2.34. The first kappa shape index (κ1) is 14.9. The van der Waals surface area contributed by atoms with Crippen LogP contribution in [0.4, 0.5) is 0 Å². The Kier molecular flexibility index (Phi) is 4.85. The summed E-state index contributed by atoms with van der Waals surface area (Å²) in [5, 5.41) is 3.10. The number of rotatable bonds is 4. The van der Waals surface area contributed by atoms with Gasteiger partial charge in [-0.15, -0.1) is 11.3 Å². The van der Waals surface area contributed by atoms with Gasteiger partial charge in [0.05, 0.1) is 19.7 Å². The Morgan fingerprint density at radius 3 is 2.78 bits per heavy atom. The van der Waals surface area contributed by atoms with Gasteiger partial charge in [0.2, 0.25) is 10.0 Å². The lowest BCUT2D eigenvalue weighted by molar-refractivity contribution is 0.103. The highest BCUT2D eigenvalue weighted by Gasteiger charge is 2.32. The van der Waals surface area contributed by atoms with E-state index in [0.29, 0.717) is 16.9 Å². The van der Waals surface area contributed by atoms with Crippen molar-refractivity contribution < 1.29 is 13.2 Å². The minimum Gasteiger partial charge on any atom is -0.378 e. The molecule has 1 unspecified atom stereocenters. The maximum atomic E-state index is 12.2. The van der Waals surface area contributed by atoms with E-state index >= 15 is 0 Å². The van der Waals surface area contributed by atoms with Gasteiger partial charge in [0, 0.05) is 20.2 Å². The normalized spacial score (nSPS) is 24.6. The van der Waals surface area contributed by atoms with Crippen molar-refractivity contribution in [1.29, 1.82) is 0 Å². The molecule has 0 amide bonds. The van der Waals surface area contributed by atoms with Crippen LogP contribution in [0.15, 0.2) is 18.5 Å². The first-order valence-corrected chi connectivity index (χ1v) is 9.03. The van der Waals surface area contributed by atoms with Crippen LogP contribution in [-0.4, -0.2) is 40.8 Å². The lowest BCUT2D eigenvalue weighted by Gasteiger charge is -2.18.